The Hall–Kier alpha value is -2.88. The Morgan fingerprint density at radius 2 is 1.85 bits per heavy atom. The fraction of sp³-hybridized carbons (Fsp3) is 0. The molecule has 2 aliphatic rings. The third-order valence-electron chi connectivity index (χ3n) is 3.36. The van der Waals surface area contributed by atoms with Crippen molar-refractivity contribution in [2.75, 3.05) is 0 Å². The van der Waals surface area contributed by atoms with E-state index in [2.05, 4.69) is 15.2 Å². The summed E-state index contributed by atoms with van der Waals surface area (Å²) in [5.41, 5.74) is 2.63. The second-order valence-corrected chi connectivity index (χ2v) is 4.61. The molecule has 94 valence electrons. The molecule has 0 spiro atoms. The van der Waals surface area contributed by atoms with Gasteiger partial charge in [-0.1, -0.05) is 24.3 Å². The van der Waals surface area contributed by atoms with E-state index in [4.69, 9.17) is 0 Å². The van der Waals surface area contributed by atoms with E-state index < -0.39 is 0 Å². The monoisotopic (exact) mass is 259 g/mol. The van der Waals surface area contributed by atoms with E-state index in [1.54, 1.807) is 18.3 Å². The minimum absolute atomic E-state index is 0.0914. The van der Waals surface area contributed by atoms with E-state index in [-0.39, 0.29) is 5.43 Å². The number of benzene rings is 2. The molecule has 0 unspecified atom stereocenters. The minimum Gasteiger partial charge on any atom is -0.287 e. The molecule has 1 aliphatic heterocycles. The highest BCUT2D eigenvalue weighted by molar-refractivity contribution is 6.00. The molecular weight excluding hydrogens is 250 g/mol. The molecule has 0 saturated heterocycles. The second-order valence-electron chi connectivity index (χ2n) is 4.61. The number of hydrogen-bond donors (Lipinski definition) is 0. The van der Waals surface area contributed by atoms with Crippen molar-refractivity contribution >= 4 is 21.8 Å². The average molecular weight is 259 g/mol. The van der Waals surface area contributed by atoms with Gasteiger partial charge in [0.15, 0.2) is 0 Å². The molecule has 4 rings (SSSR count). The lowest BCUT2D eigenvalue weighted by Gasteiger charge is -2.05. The molecule has 0 saturated carbocycles. The highest BCUT2D eigenvalue weighted by atomic mass is 16.1. The Morgan fingerprint density at radius 1 is 0.950 bits per heavy atom. The number of aromatic nitrogens is 3. The first-order valence-corrected chi connectivity index (χ1v) is 6.27. The Kier molecular flexibility index (Phi) is 2.23. The first-order valence-electron chi connectivity index (χ1n) is 6.27. The molecule has 0 atom stereocenters. The van der Waals surface area contributed by atoms with Gasteiger partial charge in [-0.25, -0.2) is 4.98 Å². The van der Waals surface area contributed by atoms with Crippen LogP contribution in [0.3, 0.4) is 0 Å². The van der Waals surface area contributed by atoms with E-state index >= 15 is 0 Å². The lowest BCUT2D eigenvalue weighted by atomic mass is 10.0. The molecule has 0 amide bonds. The van der Waals surface area contributed by atoms with Crippen LogP contribution in [0, 0.1) is 0 Å². The molecule has 1 aromatic carbocycles. The Balaban J connectivity index is 2.30. The van der Waals surface area contributed by atoms with Crippen molar-refractivity contribution in [2.24, 2.45) is 0 Å². The lowest BCUT2D eigenvalue weighted by molar-refractivity contribution is 1.06. The summed E-state index contributed by atoms with van der Waals surface area (Å²) in [5.74, 6) is 0. The van der Waals surface area contributed by atoms with Crippen LogP contribution in [0.15, 0.2) is 59.5 Å². The quantitative estimate of drug-likeness (QED) is 0.455. The smallest absolute Gasteiger partial charge is 0.205 e. The zero-order valence-corrected chi connectivity index (χ0v) is 10.4. The van der Waals surface area contributed by atoms with E-state index in [1.165, 1.54) is 0 Å². The fourth-order valence-electron chi connectivity index (χ4n) is 2.43. The van der Waals surface area contributed by atoms with E-state index in [1.807, 2.05) is 36.4 Å². The molecule has 0 radical (unpaired) electrons. The van der Waals surface area contributed by atoms with Crippen LogP contribution in [0.25, 0.3) is 33.1 Å². The van der Waals surface area contributed by atoms with E-state index in [0.29, 0.717) is 11.2 Å². The van der Waals surface area contributed by atoms with Gasteiger partial charge in [-0.3, -0.25) is 4.79 Å². The highest BCUT2D eigenvalue weighted by Crippen LogP contribution is 2.26. The average Bonchev–Trinajstić information content (AvgIpc) is 2.71. The number of fused-ring (bicyclic) bond motifs is 4. The molecule has 4 heteroatoms. The first kappa shape index (κ1) is 11.0. The van der Waals surface area contributed by atoms with Gasteiger partial charge in [0.25, 0.3) is 0 Å². The van der Waals surface area contributed by atoms with Crippen LogP contribution in [0.5, 0.6) is 0 Å². The van der Waals surface area contributed by atoms with Gasteiger partial charge < -0.3 is 0 Å². The molecule has 1 aromatic heterocycles. The molecule has 2 aromatic rings. The zero-order chi connectivity index (χ0) is 13.5. The summed E-state index contributed by atoms with van der Waals surface area (Å²) in [6.45, 7) is 0. The largest absolute Gasteiger partial charge is 0.287 e. The summed E-state index contributed by atoms with van der Waals surface area (Å²) in [7, 11) is 0. The summed E-state index contributed by atoms with van der Waals surface area (Å²) in [5, 5.41) is 9.88. The Morgan fingerprint density at radius 3 is 2.80 bits per heavy atom. The highest BCUT2D eigenvalue weighted by Gasteiger charge is 2.12. The lowest BCUT2D eigenvalue weighted by Crippen LogP contribution is -2.05. The maximum Gasteiger partial charge on any atom is 0.205 e. The van der Waals surface area contributed by atoms with Crippen LogP contribution in [-0.4, -0.2) is 15.2 Å². The van der Waals surface area contributed by atoms with Crippen molar-refractivity contribution in [1.82, 2.24) is 15.2 Å². The van der Waals surface area contributed by atoms with Gasteiger partial charge in [-0.15, -0.1) is 5.10 Å². The summed E-state index contributed by atoms with van der Waals surface area (Å²) in [6, 6.07) is 14.9. The van der Waals surface area contributed by atoms with Crippen molar-refractivity contribution < 1.29 is 0 Å². The van der Waals surface area contributed by atoms with Gasteiger partial charge in [-0.05, 0) is 24.3 Å². The SMILES string of the molecule is O=c1cc2cccnnc-2c2cc3ccccc3nc12. The maximum absolute atomic E-state index is 12.2. The summed E-state index contributed by atoms with van der Waals surface area (Å²) in [4.78, 5) is 16.7. The molecule has 0 bridgehead atoms. The normalized spacial score (nSPS) is 11.2. The standard InChI is InChI=1S/C16H9N3O/c20-14-9-11-5-3-7-17-19-15(11)12-8-10-4-1-2-6-13(10)18-16(12)14/h1-9H. The van der Waals surface area contributed by atoms with Crippen LogP contribution in [0.2, 0.25) is 0 Å². The van der Waals surface area contributed by atoms with Crippen LogP contribution in [0.4, 0.5) is 0 Å². The topological polar surface area (TPSA) is 55.7 Å². The number of nitrogens with zero attached hydrogens (tertiary/aromatic N) is 3. The van der Waals surface area contributed by atoms with Crippen molar-refractivity contribution in [3.63, 3.8) is 0 Å². The van der Waals surface area contributed by atoms with Crippen molar-refractivity contribution in [1.29, 1.82) is 0 Å². The van der Waals surface area contributed by atoms with Crippen molar-refractivity contribution in [3.8, 4) is 11.3 Å². The molecule has 0 fully saturated rings. The van der Waals surface area contributed by atoms with Gasteiger partial charge in [0, 0.05) is 22.5 Å². The number of hydrogen-bond acceptors (Lipinski definition) is 4. The summed E-state index contributed by atoms with van der Waals surface area (Å²) < 4.78 is 0. The van der Waals surface area contributed by atoms with Gasteiger partial charge in [-0.2, -0.15) is 5.10 Å². The second kappa shape index (κ2) is 4.06. The minimum atomic E-state index is -0.0914. The Labute approximate surface area is 114 Å². The fourth-order valence-corrected chi connectivity index (χ4v) is 2.43. The van der Waals surface area contributed by atoms with Gasteiger partial charge >= 0.3 is 0 Å². The first-order chi connectivity index (χ1) is 9.83. The molecule has 1 aliphatic carbocycles. The van der Waals surface area contributed by atoms with Crippen LogP contribution < -0.4 is 5.43 Å². The number of rotatable bonds is 0. The third kappa shape index (κ3) is 1.55. The Bertz CT molecular complexity index is 982. The molecule has 2 heterocycles. The predicted octanol–water partition coefficient (Wildman–Crippen LogP) is 2.64. The predicted molar refractivity (Wildman–Crippen MR) is 77.7 cm³/mol. The number of para-hydroxylation sites is 1. The van der Waals surface area contributed by atoms with E-state index in [9.17, 15) is 4.79 Å². The van der Waals surface area contributed by atoms with Gasteiger partial charge in [0.05, 0.1) is 5.52 Å². The maximum atomic E-state index is 12.2. The molecule has 4 nitrogen and oxygen atoms in total. The van der Waals surface area contributed by atoms with Crippen molar-refractivity contribution in [3.05, 3.63) is 65.0 Å². The van der Waals surface area contributed by atoms with Gasteiger partial charge in [0.2, 0.25) is 5.43 Å². The van der Waals surface area contributed by atoms with Crippen LogP contribution in [0.1, 0.15) is 0 Å². The zero-order valence-electron chi connectivity index (χ0n) is 10.4. The van der Waals surface area contributed by atoms with Crippen LogP contribution in [-0.2, 0) is 0 Å². The summed E-state index contributed by atoms with van der Waals surface area (Å²) in [6.07, 6.45) is 1.60. The van der Waals surface area contributed by atoms with Crippen molar-refractivity contribution in [2.45, 2.75) is 0 Å². The third-order valence-corrected chi connectivity index (χ3v) is 3.36. The molecular formula is C16H9N3O. The molecule has 0 N–H and O–H groups in total. The number of pyridine rings is 1. The summed E-state index contributed by atoms with van der Waals surface area (Å²) >= 11 is 0. The van der Waals surface area contributed by atoms with Gasteiger partial charge in [0.1, 0.15) is 11.2 Å². The van der Waals surface area contributed by atoms with Crippen LogP contribution >= 0.6 is 0 Å². The van der Waals surface area contributed by atoms with E-state index in [0.717, 1.165) is 21.9 Å². The molecule has 20 heavy (non-hydrogen) atoms.